The molecule has 7 heteroatoms. The standard InChI is InChI=1S/C18H22N2O4S/c1-13(2)19-18(21)14-5-7-15(8-6-14)20(3)25(22,23)17-11-9-16(24-4)10-12-17/h5-13H,1-4H3,(H,19,21). The average molecular weight is 362 g/mol. The Kier molecular flexibility index (Phi) is 5.69. The molecule has 6 nitrogen and oxygen atoms in total. The van der Waals surface area contributed by atoms with Crippen LogP contribution in [0.3, 0.4) is 0 Å². The Labute approximate surface area is 148 Å². The third-order valence-corrected chi connectivity index (χ3v) is 5.43. The van der Waals surface area contributed by atoms with E-state index in [-0.39, 0.29) is 16.8 Å². The van der Waals surface area contributed by atoms with Gasteiger partial charge >= 0.3 is 0 Å². The van der Waals surface area contributed by atoms with Gasteiger partial charge in [-0.15, -0.1) is 0 Å². The molecule has 0 bridgehead atoms. The Morgan fingerprint density at radius 1 is 1.04 bits per heavy atom. The van der Waals surface area contributed by atoms with Gasteiger partial charge in [0.15, 0.2) is 0 Å². The molecule has 0 atom stereocenters. The number of carbonyl (C=O) groups is 1. The smallest absolute Gasteiger partial charge is 0.264 e. The molecule has 0 heterocycles. The summed E-state index contributed by atoms with van der Waals surface area (Å²) in [6.45, 7) is 3.75. The van der Waals surface area contributed by atoms with Crippen LogP contribution in [0.15, 0.2) is 53.4 Å². The van der Waals surface area contributed by atoms with Crippen molar-refractivity contribution in [2.45, 2.75) is 24.8 Å². The van der Waals surface area contributed by atoms with E-state index in [2.05, 4.69) is 5.32 Å². The summed E-state index contributed by atoms with van der Waals surface area (Å²) in [6.07, 6.45) is 0. The maximum Gasteiger partial charge on any atom is 0.264 e. The molecule has 134 valence electrons. The summed E-state index contributed by atoms with van der Waals surface area (Å²) >= 11 is 0. The molecule has 0 aliphatic rings. The van der Waals surface area contributed by atoms with E-state index in [0.717, 1.165) is 0 Å². The highest BCUT2D eigenvalue weighted by molar-refractivity contribution is 7.92. The Hall–Kier alpha value is -2.54. The molecule has 0 saturated heterocycles. The number of anilines is 1. The summed E-state index contributed by atoms with van der Waals surface area (Å²) in [5.41, 5.74) is 0.949. The van der Waals surface area contributed by atoms with Gasteiger partial charge < -0.3 is 10.1 Å². The van der Waals surface area contributed by atoms with Crippen molar-refractivity contribution in [1.82, 2.24) is 5.32 Å². The third-order valence-electron chi connectivity index (χ3n) is 3.63. The van der Waals surface area contributed by atoms with Crippen molar-refractivity contribution in [3.05, 3.63) is 54.1 Å². The highest BCUT2D eigenvalue weighted by atomic mass is 32.2. The van der Waals surface area contributed by atoms with Crippen LogP contribution in [0.25, 0.3) is 0 Å². The van der Waals surface area contributed by atoms with Crippen molar-refractivity contribution in [3.63, 3.8) is 0 Å². The third kappa shape index (κ3) is 4.30. The number of nitrogens with one attached hydrogen (secondary N) is 1. The van der Waals surface area contributed by atoms with Crippen LogP contribution in [0.5, 0.6) is 5.75 Å². The zero-order valence-corrected chi connectivity index (χ0v) is 15.5. The van der Waals surface area contributed by atoms with Gasteiger partial charge in [-0.3, -0.25) is 9.10 Å². The molecule has 0 saturated carbocycles. The molecule has 0 aliphatic carbocycles. The summed E-state index contributed by atoms with van der Waals surface area (Å²) in [5, 5.41) is 2.79. The van der Waals surface area contributed by atoms with Crippen molar-refractivity contribution in [1.29, 1.82) is 0 Å². The molecule has 2 rings (SSSR count). The van der Waals surface area contributed by atoms with E-state index >= 15 is 0 Å². The fourth-order valence-electron chi connectivity index (χ4n) is 2.21. The molecule has 1 amide bonds. The minimum absolute atomic E-state index is 0.0327. The van der Waals surface area contributed by atoms with E-state index in [1.54, 1.807) is 36.4 Å². The number of ether oxygens (including phenoxy) is 1. The van der Waals surface area contributed by atoms with Gasteiger partial charge in [-0.1, -0.05) is 0 Å². The van der Waals surface area contributed by atoms with E-state index in [1.165, 1.54) is 30.6 Å². The van der Waals surface area contributed by atoms with Crippen molar-refractivity contribution in [3.8, 4) is 5.75 Å². The second kappa shape index (κ2) is 7.57. The average Bonchev–Trinajstić information content (AvgIpc) is 2.60. The number of hydrogen-bond donors (Lipinski definition) is 1. The number of methoxy groups -OCH3 is 1. The molecule has 25 heavy (non-hydrogen) atoms. The van der Waals surface area contributed by atoms with Gasteiger partial charge in [0.1, 0.15) is 5.75 Å². The fourth-order valence-corrected chi connectivity index (χ4v) is 3.41. The van der Waals surface area contributed by atoms with Crippen LogP contribution in [0.1, 0.15) is 24.2 Å². The highest BCUT2D eigenvalue weighted by Gasteiger charge is 2.21. The molecular formula is C18H22N2O4S. The maximum atomic E-state index is 12.7. The molecule has 2 aromatic carbocycles. The number of benzene rings is 2. The van der Waals surface area contributed by atoms with Gasteiger partial charge in [-0.05, 0) is 62.4 Å². The fraction of sp³-hybridized carbons (Fsp3) is 0.278. The van der Waals surface area contributed by atoms with Crippen molar-refractivity contribution in [2.75, 3.05) is 18.5 Å². The predicted octanol–water partition coefficient (Wildman–Crippen LogP) is 2.66. The number of sulfonamides is 1. The van der Waals surface area contributed by atoms with Crippen LogP contribution in [-0.4, -0.2) is 34.5 Å². The number of carbonyl (C=O) groups excluding carboxylic acids is 1. The first kappa shape index (κ1) is 18.8. The largest absolute Gasteiger partial charge is 0.497 e. The van der Waals surface area contributed by atoms with Gasteiger partial charge in [-0.25, -0.2) is 8.42 Å². The lowest BCUT2D eigenvalue weighted by atomic mass is 10.2. The molecule has 0 radical (unpaired) electrons. The van der Waals surface area contributed by atoms with Crippen LogP contribution in [-0.2, 0) is 10.0 Å². The topological polar surface area (TPSA) is 75.7 Å². The van der Waals surface area contributed by atoms with Gasteiger partial charge in [0, 0.05) is 18.7 Å². The summed E-state index contributed by atoms with van der Waals surface area (Å²) < 4.78 is 31.6. The van der Waals surface area contributed by atoms with E-state index in [1.807, 2.05) is 13.8 Å². The quantitative estimate of drug-likeness (QED) is 0.857. The van der Waals surface area contributed by atoms with Gasteiger partial charge in [0.05, 0.1) is 17.7 Å². The number of hydrogen-bond acceptors (Lipinski definition) is 4. The van der Waals surface area contributed by atoms with Gasteiger partial charge in [0.25, 0.3) is 15.9 Å². The minimum atomic E-state index is -3.69. The maximum absolute atomic E-state index is 12.7. The van der Waals surface area contributed by atoms with Crippen molar-refractivity contribution < 1.29 is 17.9 Å². The molecule has 0 aromatic heterocycles. The van der Waals surface area contributed by atoms with Gasteiger partial charge in [-0.2, -0.15) is 0 Å². The van der Waals surface area contributed by atoms with Crippen LogP contribution >= 0.6 is 0 Å². The molecular weight excluding hydrogens is 340 g/mol. The lowest BCUT2D eigenvalue weighted by Crippen LogP contribution is -2.30. The lowest BCUT2D eigenvalue weighted by Gasteiger charge is -2.20. The highest BCUT2D eigenvalue weighted by Crippen LogP contribution is 2.24. The van der Waals surface area contributed by atoms with E-state index in [4.69, 9.17) is 4.74 Å². The van der Waals surface area contributed by atoms with Crippen LogP contribution < -0.4 is 14.4 Å². The first-order chi connectivity index (χ1) is 11.8. The first-order valence-corrected chi connectivity index (χ1v) is 9.23. The zero-order chi connectivity index (χ0) is 18.6. The second-order valence-electron chi connectivity index (χ2n) is 5.82. The second-order valence-corrected chi connectivity index (χ2v) is 7.79. The van der Waals surface area contributed by atoms with Crippen LogP contribution in [0, 0.1) is 0 Å². The van der Waals surface area contributed by atoms with E-state index in [9.17, 15) is 13.2 Å². The molecule has 0 aliphatic heterocycles. The molecule has 2 aromatic rings. The van der Waals surface area contributed by atoms with E-state index < -0.39 is 10.0 Å². The summed E-state index contributed by atoms with van der Waals surface area (Å²) in [7, 11) is -0.696. The number of rotatable bonds is 6. The normalized spacial score (nSPS) is 11.2. The SMILES string of the molecule is COc1ccc(S(=O)(=O)N(C)c2ccc(C(=O)NC(C)C)cc2)cc1. The van der Waals surface area contributed by atoms with E-state index in [0.29, 0.717) is 17.0 Å². The van der Waals surface area contributed by atoms with Gasteiger partial charge in [0.2, 0.25) is 0 Å². The Balaban J connectivity index is 2.23. The molecule has 0 unspecified atom stereocenters. The summed E-state index contributed by atoms with van der Waals surface area (Å²) in [6, 6.07) is 12.6. The number of nitrogens with zero attached hydrogens (tertiary/aromatic N) is 1. The predicted molar refractivity (Wildman–Crippen MR) is 97.6 cm³/mol. The lowest BCUT2D eigenvalue weighted by molar-refractivity contribution is 0.0943. The van der Waals surface area contributed by atoms with Crippen molar-refractivity contribution in [2.24, 2.45) is 0 Å². The first-order valence-electron chi connectivity index (χ1n) is 7.79. The monoisotopic (exact) mass is 362 g/mol. The minimum Gasteiger partial charge on any atom is -0.497 e. The molecule has 0 fully saturated rings. The molecule has 1 N–H and O–H groups in total. The Morgan fingerprint density at radius 3 is 2.08 bits per heavy atom. The summed E-state index contributed by atoms with van der Waals surface area (Å²) in [5.74, 6) is 0.393. The van der Waals surface area contributed by atoms with Crippen LogP contribution in [0.2, 0.25) is 0 Å². The Bertz CT molecular complexity index is 828. The van der Waals surface area contributed by atoms with Crippen molar-refractivity contribution >= 4 is 21.6 Å². The molecule has 0 spiro atoms. The number of amides is 1. The van der Waals surface area contributed by atoms with Crippen LogP contribution in [0.4, 0.5) is 5.69 Å². The zero-order valence-electron chi connectivity index (χ0n) is 14.7. The summed E-state index contributed by atoms with van der Waals surface area (Å²) in [4.78, 5) is 12.1. The Morgan fingerprint density at radius 2 is 1.60 bits per heavy atom.